The number of hydrogen-bond acceptors (Lipinski definition) is 6. The fourth-order valence-corrected chi connectivity index (χ4v) is 1.25. The molecule has 0 heterocycles. The molecule has 0 unspecified atom stereocenters. The summed E-state index contributed by atoms with van der Waals surface area (Å²) in [6.45, 7) is 0.518. The van der Waals surface area contributed by atoms with Gasteiger partial charge in [-0.1, -0.05) is 30.3 Å². The first-order chi connectivity index (χ1) is 9.72. The van der Waals surface area contributed by atoms with Gasteiger partial charge in [-0.3, -0.25) is 20.8 Å². The number of amidine groups is 2. The summed E-state index contributed by atoms with van der Waals surface area (Å²) in [5.74, 6) is 0. The molecule has 6 nitrogen and oxygen atoms in total. The fourth-order valence-electron chi connectivity index (χ4n) is 1.08. The summed E-state index contributed by atoms with van der Waals surface area (Å²) >= 11 is 9.77. The molecule has 0 aromatic heterocycles. The second kappa shape index (κ2) is 12.3. The molecule has 0 bridgehead atoms. The van der Waals surface area contributed by atoms with E-state index in [2.05, 4.69) is 31.0 Å². The number of nitrogens with zero attached hydrogens (tertiary/aromatic N) is 4. The molecule has 0 amide bonds. The van der Waals surface area contributed by atoms with Gasteiger partial charge in [0.25, 0.3) is 0 Å². The van der Waals surface area contributed by atoms with E-state index in [-0.39, 0.29) is 19.5 Å². The summed E-state index contributed by atoms with van der Waals surface area (Å²) in [6, 6.07) is 9.83. The van der Waals surface area contributed by atoms with Crippen molar-refractivity contribution in [1.82, 2.24) is 10.9 Å². The zero-order valence-electron chi connectivity index (χ0n) is 11.6. The first-order valence-corrected chi connectivity index (χ1v) is 6.50. The number of benzene rings is 1. The van der Waals surface area contributed by atoms with Crippen LogP contribution < -0.4 is 10.9 Å². The van der Waals surface area contributed by atoms with Gasteiger partial charge >= 0.3 is 19.5 Å². The van der Waals surface area contributed by atoms with Crippen LogP contribution in [0.2, 0.25) is 0 Å². The number of hydrogen-bond donors (Lipinski definition) is 2. The van der Waals surface area contributed by atoms with Crippen molar-refractivity contribution in [2.45, 2.75) is 6.54 Å². The van der Waals surface area contributed by atoms with Crippen LogP contribution in [0.1, 0.15) is 5.56 Å². The minimum absolute atomic E-state index is 0. The van der Waals surface area contributed by atoms with Gasteiger partial charge in [0.05, 0.1) is 19.0 Å². The third-order valence-electron chi connectivity index (χ3n) is 1.99. The van der Waals surface area contributed by atoms with Gasteiger partial charge in [-0.25, -0.2) is 0 Å². The van der Waals surface area contributed by atoms with Crippen molar-refractivity contribution in [3.63, 3.8) is 0 Å². The molecule has 1 aromatic rings. The predicted molar refractivity (Wildman–Crippen MR) is 88.9 cm³/mol. The van der Waals surface area contributed by atoms with Gasteiger partial charge in [0.2, 0.25) is 0 Å². The van der Waals surface area contributed by atoms with Crippen LogP contribution in [-0.4, -0.2) is 29.8 Å². The largest absolute Gasteiger partial charge is 2.00 e. The smallest absolute Gasteiger partial charge is 0.741 e. The van der Waals surface area contributed by atoms with Gasteiger partial charge in [-0.05, 0) is 15.9 Å². The maximum Gasteiger partial charge on any atom is 2.00 e. The minimum atomic E-state index is 0. The van der Waals surface area contributed by atoms with Crippen LogP contribution >= 0.6 is 0 Å². The van der Waals surface area contributed by atoms with Crippen molar-refractivity contribution in [3.8, 4) is 0 Å². The summed E-state index contributed by atoms with van der Waals surface area (Å²) in [5, 5.41) is 8.21. The van der Waals surface area contributed by atoms with Crippen molar-refractivity contribution in [2.75, 3.05) is 7.05 Å². The molecule has 9 heteroatoms. The molecule has 0 atom stereocenters. The van der Waals surface area contributed by atoms with E-state index in [1.165, 1.54) is 12.4 Å². The Labute approximate surface area is 147 Å². The zero-order chi connectivity index (χ0) is 14.6. The van der Waals surface area contributed by atoms with E-state index in [4.69, 9.17) is 25.3 Å². The van der Waals surface area contributed by atoms with Crippen LogP contribution in [0, 0.1) is 0 Å². The van der Waals surface area contributed by atoms with E-state index in [0.29, 0.717) is 16.9 Å². The molecule has 106 valence electrons. The summed E-state index contributed by atoms with van der Waals surface area (Å²) in [5.41, 5.74) is 6.23. The van der Waals surface area contributed by atoms with Crippen molar-refractivity contribution in [2.24, 2.45) is 20.2 Å². The van der Waals surface area contributed by atoms with Gasteiger partial charge in [0, 0.05) is 7.05 Å². The molecule has 0 saturated heterocycles. The number of aliphatic imine (C=N–C) groups is 2. The molecule has 21 heavy (non-hydrogen) atoms. The van der Waals surface area contributed by atoms with E-state index >= 15 is 0 Å². The van der Waals surface area contributed by atoms with Gasteiger partial charge in [0.15, 0.2) is 0 Å². The third-order valence-corrected chi connectivity index (χ3v) is 2.48. The zero-order valence-corrected chi connectivity index (χ0v) is 16.2. The molecule has 0 aliphatic rings. The average molecular weight is 372 g/mol. The monoisotopic (exact) mass is 370 g/mol. The van der Waals surface area contributed by atoms with Crippen LogP contribution in [-0.2, 0) is 51.3 Å². The van der Waals surface area contributed by atoms with Crippen LogP contribution in [0.5, 0.6) is 0 Å². The SMILES string of the molecule is CN=C([S-])N/N=C/C=N/NC([S-])=NCc1ccccc1.[Zn+2]. The third kappa shape index (κ3) is 10.0. The molecule has 0 fully saturated rings. The van der Waals surface area contributed by atoms with Crippen molar-refractivity contribution >= 4 is 48.0 Å². The van der Waals surface area contributed by atoms with Crippen molar-refractivity contribution < 1.29 is 19.5 Å². The minimum Gasteiger partial charge on any atom is -0.741 e. The summed E-state index contributed by atoms with van der Waals surface area (Å²) < 4.78 is 0. The Morgan fingerprint density at radius 1 is 1.05 bits per heavy atom. The van der Waals surface area contributed by atoms with Crippen molar-refractivity contribution in [3.05, 3.63) is 35.9 Å². The summed E-state index contributed by atoms with van der Waals surface area (Å²) in [6.07, 6.45) is 2.85. The first-order valence-electron chi connectivity index (χ1n) is 5.68. The quantitative estimate of drug-likeness (QED) is 0.264. The normalized spacial score (nSPS) is 12.4. The summed E-state index contributed by atoms with van der Waals surface area (Å²) in [4.78, 5) is 7.86. The molecule has 2 N–H and O–H groups in total. The number of hydrazone groups is 2. The molecule has 0 aliphatic carbocycles. The van der Waals surface area contributed by atoms with E-state index in [0.717, 1.165) is 5.56 Å². The second-order valence-corrected chi connectivity index (χ2v) is 4.19. The van der Waals surface area contributed by atoms with Gasteiger partial charge in [0.1, 0.15) is 0 Å². The van der Waals surface area contributed by atoms with E-state index in [1.807, 2.05) is 30.3 Å². The topological polar surface area (TPSA) is 73.5 Å². The second-order valence-electron chi connectivity index (χ2n) is 3.42. The molecule has 1 aromatic carbocycles. The van der Waals surface area contributed by atoms with Crippen LogP contribution in [0.15, 0.2) is 50.5 Å². The molecular weight excluding hydrogens is 358 g/mol. The number of rotatable bonds is 5. The van der Waals surface area contributed by atoms with E-state index in [9.17, 15) is 0 Å². The van der Waals surface area contributed by atoms with Crippen molar-refractivity contribution in [1.29, 1.82) is 0 Å². The average Bonchev–Trinajstić information content (AvgIpc) is 2.49. The van der Waals surface area contributed by atoms with E-state index < -0.39 is 0 Å². The summed E-state index contributed by atoms with van der Waals surface area (Å²) in [7, 11) is 1.58. The van der Waals surface area contributed by atoms with Gasteiger partial charge in [-0.15, -0.1) is 0 Å². The Morgan fingerprint density at radius 3 is 2.19 bits per heavy atom. The van der Waals surface area contributed by atoms with E-state index in [1.54, 1.807) is 7.05 Å². The number of nitrogens with one attached hydrogen (secondary N) is 2. The Hall–Kier alpha value is -1.44. The van der Waals surface area contributed by atoms with Gasteiger partial charge in [-0.2, -0.15) is 10.2 Å². The maximum absolute atomic E-state index is 5.00. The predicted octanol–water partition coefficient (Wildman–Crippen LogP) is 0.770. The Balaban J connectivity index is 0.00000400. The molecule has 1 rings (SSSR count). The fraction of sp³-hybridized carbons (Fsp3) is 0.167. The first kappa shape index (κ1) is 19.6. The Kier molecular flexibility index (Phi) is 11.5. The molecule has 0 saturated carbocycles. The molecule has 0 spiro atoms. The standard InChI is InChI=1S/C12H16N6S2.Zn/c1-13-11(19)17-15-7-8-16-18-12(20)14-9-10-5-3-2-4-6-10;/h2-8H,9H2,1H3,(H2,13,17,19)(H2,14,18,20);/q;+2/p-2/b15-7+,16-8+;. The molecule has 0 radical (unpaired) electrons. The molecule has 0 aliphatic heterocycles. The van der Waals surface area contributed by atoms with Crippen LogP contribution in [0.4, 0.5) is 0 Å². The van der Waals surface area contributed by atoms with Crippen LogP contribution in [0.25, 0.3) is 0 Å². The Bertz CT molecular complexity index is 516. The van der Waals surface area contributed by atoms with Crippen LogP contribution in [0.3, 0.4) is 0 Å². The Morgan fingerprint density at radius 2 is 1.62 bits per heavy atom. The van der Waals surface area contributed by atoms with Gasteiger partial charge < -0.3 is 25.3 Å². The molecular formula is C12H14N6S2Zn. The maximum atomic E-state index is 5.00.